The third-order valence-corrected chi connectivity index (χ3v) is 5.25. The standard InChI is InChI=1S/C15H22N6OS/c1-3-12-9-23-14(19-12)11-5-4-6-21(8-11)15(22)16-7-13-17-10-18-20(13)2/h9-11H,3-8H2,1-2H3,(H,16,22). The molecule has 3 heterocycles. The Labute approximate surface area is 139 Å². The molecule has 2 amide bonds. The normalized spacial score (nSPS) is 18.2. The Morgan fingerprint density at radius 2 is 2.39 bits per heavy atom. The number of likely N-dealkylation sites (tertiary alicyclic amines) is 1. The van der Waals surface area contributed by atoms with Gasteiger partial charge in [0.2, 0.25) is 0 Å². The second-order valence-corrected chi connectivity index (χ2v) is 6.66. The number of nitrogens with zero attached hydrogens (tertiary/aromatic N) is 5. The first kappa shape index (κ1) is 15.9. The molecule has 2 aromatic rings. The maximum Gasteiger partial charge on any atom is 0.317 e. The lowest BCUT2D eigenvalue weighted by atomic mass is 9.99. The van der Waals surface area contributed by atoms with Crippen LogP contribution in [0.15, 0.2) is 11.7 Å². The zero-order valence-corrected chi connectivity index (χ0v) is 14.3. The van der Waals surface area contributed by atoms with Crippen LogP contribution in [-0.4, -0.2) is 43.8 Å². The van der Waals surface area contributed by atoms with Crippen LogP contribution in [0.25, 0.3) is 0 Å². The SMILES string of the molecule is CCc1csc(C2CCCN(C(=O)NCc3ncnn3C)C2)n1. The first-order chi connectivity index (χ1) is 11.2. The number of hydrogen-bond acceptors (Lipinski definition) is 5. The molecule has 3 rings (SSSR count). The summed E-state index contributed by atoms with van der Waals surface area (Å²) in [7, 11) is 1.82. The predicted octanol–water partition coefficient (Wildman–Crippen LogP) is 1.92. The fourth-order valence-corrected chi connectivity index (χ4v) is 3.81. The molecule has 1 fully saturated rings. The van der Waals surface area contributed by atoms with Crippen molar-refractivity contribution in [2.24, 2.45) is 7.05 Å². The van der Waals surface area contributed by atoms with E-state index in [4.69, 9.17) is 0 Å². The Hall–Kier alpha value is -1.96. The summed E-state index contributed by atoms with van der Waals surface area (Å²) in [5.41, 5.74) is 1.15. The number of hydrogen-bond donors (Lipinski definition) is 1. The minimum Gasteiger partial charge on any atom is -0.331 e. The molecule has 0 aliphatic carbocycles. The Balaban J connectivity index is 1.57. The van der Waals surface area contributed by atoms with Gasteiger partial charge in [-0.05, 0) is 19.3 Å². The Bertz CT molecular complexity index is 666. The molecule has 1 N–H and O–H groups in total. The van der Waals surface area contributed by atoms with E-state index < -0.39 is 0 Å². The maximum absolute atomic E-state index is 12.4. The van der Waals surface area contributed by atoms with Crippen molar-refractivity contribution in [2.45, 2.75) is 38.6 Å². The van der Waals surface area contributed by atoms with Gasteiger partial charge in [-0.15, -0.1) is 11.3 Å². The van der Waals surface area contributed by atoms with Crippen LogP contribution >= 0.6 is 11.3 Å². The summed E-state index contributed by atoms with van der Waals surface area (Å²) in [5, 5.41) is 10.2. The summed E-state index contributed by atoms with van der Waals surface area (Å²) in [4.78, 5) is 23.1. The molecule has 0 aromatic carbocycles. The van der Waals surface area contributed by atoms with Crippen LogP contribution in [0.2, 0.25) is 0 Å². The molecule has 7 nitrogen and oxygen atoms in total. The van der Waals surface area contributed by atoms with Crippen molar-refractivity contribution in [1.29, 1.82) is 0 Å². The van der Waals surface area contributed by atoms with Gasteiger partial charge in [0, 0.05) is 31.4 Å². The van der Waals surface area contributed by atoms with E-state index in [0.717, 1.165) is 48.9 Å². The van der Waals surface area contributed by atoms with Gasteiger partial charge in [0.05, 0.1) is 17.2 Å². The lowest BCUT2D eigenvalue weighted by Gasteiger charge is -2.31. The van der Waals surface area contributed by atoms with E-state index >= 15 is 0 Å². The Morgan fingerprint density at radius 1 is 1.52 bits per heavy atom. The van der Waals surface area contributed by atoms with Gasteiger partial charge in [0.25, 0.3) is 0 Å². The smallest absolute Gasteiger partial charge is 0.317 e. The molecule has 23 heavy (non-hydrogen) atoms. The van der Waals surface area contributed by atoms with Crippen LogP contribution in [0.5, 0.6) is 0 Å². The molecule has 1 unspecified atom stereocenters. The van der Waals surface area contributed by atoms with E-state index in [9.17, 15) is 4.79 Å². The van der Waals surface area contributed by atoms with Gasteiger partial charge in [0.15, 0.2) is 0 Å². The van der Waals surface area contributed by atoms with Crippen molar-refractivity contribution in [3.05, 3.63) is 28.2 Å². The maximum atomic E-state index is 12.4. The molecule has 8 heteroatoms. The molecular formula is C15H22N6OS. The number of carbonyl (C=O) groups is 1. The monoisotopic (exact) mass is 334 g/mol. The second kappa shape index (κ2) is 7.08. The number of nitrogens with one attached hydrogen (secondary N) is 1. The fourth-order valence-electron chi connectivity index (χ4n) is 2.78. The summed E-state index contributed by atoms with van der Waals surface area (Å²) < 4.78 is 1.67. The number of thiazole rings is 1. The highest BCUT2D eigenvalue weighted by Gasteiger charge is 2.26. The molecular weight excluding hydrogens is 312 g/mol. The molecule has 2 aromatic heterocycles. The summed E-state index contributed by atoms with van der Waals surface area (Å²) in [6.45, 7) is 4.05. The zero-order chi connectivity index (χ0) is 16.2. The summed E-state index contributed by atoms with van der Waals surface area (Å²) >= 11 is 1.72. The Kier molecular flexibility index (Phi) is 4.90. The summed E-state index contributed by atoms with van der Waals surface area (Å²) in [6, 6.07) is -0.0371. The highest BCUT2D eigenvalue weighted by Crippen LogP contribution is 2.29. The van der Waals surface area contributed by atoms with Crippen molar-refractivity contribution in [1.82, 2.24) is 30.0 Å². The minimum atomic E-state index is -0.0371. The number of piperidine rings is 1. The summed E-state index contributed by atoms with van der Waals surface area (Å²) in [5.74, 6) is 1.11. The molecule has 0 radical (unpaired) electrons. The second-order valence-electron chi connectivity index (χ2n) is 5.77. The number of amides is 2. The first-order valence-corrected chi connectivity index (χ1v) is 8.85. The number of urea groups is 1. The van der Waals surface area contributed by atoms with Crippen molar-refractivity contribution < 1.29 is 4.79 Å². The average molecular weight is 334 g/mol. The van der Waals surface area contributed by atoms with Gasteiger partial charge in [-0.1, -0.05) is 6.92 Å². The highest BCUT2D eigenvalue weighted by atomic mass is 32.1. The lowest BCUT2D eigenvalue weighted by molar-refractivity contribution is 0.178. The number of rotatable bonds is 4. The largest absolute Gasteiger partial charge is 0.331 e. The van der Waals surface area contributed by atoms with Gasteiger partial charge in [-0.3, -0.25) is 4.68 Å². The molecule has 0 saturated carbocycles. The van der Waals surface area contributed by atoms with Gasteiger partial charge in [-0.2, -0.15) is 5.10 Å². The van der Waals surface area contributed by atoms with Crippen molar-refractivity contribution in [3.63, 3.8) is 0 Å². The van der Waals surface area contributed by atoms with E-state index in [0.29, 0.717) is 12.5 Å². The lowest BCUT2D eigenvalue weighted by Crippen LogP contribution is -2.44. The van der Waals surface area contributed by atoms with Crippen LogP contribution in [0.3, 0.4) is 0 Å². The van der Waals surface area contributed by atoms with E-state index in [2.05, 4.69) is 32.7 Å². The van der Waals surface area contributed by atoms with E-state index in [1.165, 1.54) is 6.33 Å². The molecule has 0 bridgehead atoms. The Morgan fingerprint density at radius 3 is 3.09 bits per heavy atom. The van der Waals surface area contributed by atoms with Crippen molar-refractivity contribution in [3.8, 4) is 0 Å². The highest BCUT2D eigenvalue weighted by molar-refractivity contribution is 7.09. The van der Waals surface area contributed by atoms with Crippen molar-refractivity contribution in [2.75, 3.05) is 13.1 Å². The van der Waals surface area contributed by atoms with Gasteiger partial charge in [-0.25, -0.2) is 14.8 Å². The average Bonchev–Trinajstić information content (AvgIpc) is 3.21. The first-order valence-electron chi connectivity index (χ1n) is 7.97. The van der Waals surface area contributed by atoms with E-state index in [1.807, 2.05) is 11.9 Å². The van der Waals surface area contributed by atoms with E-state index in [-0.39, 0.29) is 6.03 Å². The quantitative estimate of drug-likeness (QED) is 0.927. The van der Waals surface area contributed by atoms with Crippen LogP contribution in [0, 0.1) is 0 Å². The van der Waals surface area contributed by atoms with Crippen molar-refractivity contribution >= 4 is 17.4 Å². The molecule has 124 valence electrons. The molecule has 1 aliphatic heterocycles. The number of carbonyl (C=O) groups excluding carboxylic acids is 1. The number of aromatic nitrogens is 4. The fraction of sp³-hybridized carbons (Fsp3) is 0.600. The minimum absolute atomic E-state index is 0.0371. The molecule has 1 aliphatic rings. The molecule has 1 atom stereocenters. The predicted molar refractivity (Wildman–Crippen MR) is 88.3 cm³/mol. The van der Waals surface area contributed by atoms with E-state index in [1.54, 1.807) is 16.0 Å². The zero-order valence-electron chi connectivity index (χ0n) is 13.5. The summed E-state index contributed by atoms with van der Waals surface area (Å²) in [6.07, 6.45) is 4.57. The number of aryl methyl sites for hydroxylation is 2. The van der Waals surface area contributed by atoms with Gasteiger partial charge in [0.1, 0.15) is 12.2 Å². The third kappa shape index (κ3) is 3.69. The molecule has 0 spiro atoms. The topological polar surface area (TPSA) is 75.9 Å². The van der Waals surface area contributed by atoms with Crippen LogP contribution < -0.4 is 5.32 Å². The van der Waals surface area contributed by atoms with Gasteiger partial charge >= 0.3 is 6.03 Å². The van der Waals surface area contributed by atoms with Crippen LogP contribution in [0.1, 0.15) is 42.2 Å². The van der Waals surface area contributed by atoms with Crippen LogP contribution in [-0.2, 0) is 20.0 Å². The van der Waals surface area contributed by atoms with Crippen LogP contribution in [0.4, 0.5) is 4.79 Å². The molecule has 1 saturated heterocycles. The third-order valence-electron chi connectivity index (χ3n) is 4.19. The van der Waals surface area contributed by atoms with Gasteiger partial charge < -0.3 is 10.2 Å².